The maximum Gasteiger partial charge on any atom is 0.274 e. The number of rotatable bonds is 5. The van der Waals surface area contributed by atoms with Crippen LogP contribution in [0.25, 0.3) is 22.4 Å². The highest BCUT2D eigenvalue weighted by atomic mass is 16.2. The number of pyridine rings is 2. The Morgan fingerprint density at radius 1 is 1.00 bits per heavy atom. The van der Waals surface area contributed by atoms with Gasteiger partial charge in [0.05, 0.1) is 22.6 Å². The van der Waals surface area contributed by atoms with Gasteiger partial charge in [0, 0.05) is 35.9 Å². The Morgan fingerprint density at radius 2 is 1.87 bits per heavy atom. The lowest BCUT2D eigenvalue weighted by Crippen LogP contribution is -2.39. The monoisotopic (exact) mass is 520 g/mol. The summed E-state index contributed by atoms with van der Waals surface area (Å²) in [5.74, 6) is 2.05. The molecule has 0 spiro atoms. The highest BCUT2D eigenvalue weighted by molar-refractivity contribution is 6.03. The van der Waals surface area contributed by atoms with Gasteiger partial charge in [-0.25, -0.2) is 9.97 Å². The summed E-state index contributed by atoms with van der Waals surface area (Å²) in [6, 6.07) is 14.3. The van der Waals surface area contributed by atoms with Crippen molar-refractivity contribution in [3.05, 3.63) is 66.6 Å². The number of carbonyl (C=O) groups is 3. The van der Waals surface area contributed by atoms with E-state index >= 15 is 0 Å². The van der Waals surface area contributed by atoms with Crippen LogP contribution in [-0.2, 0) is 9.59 Å². The predicted molar refractivity (Wildman–Crippen MR) is 146 cm³/mol. The number of nitrogens with one attached hydrogen (secondary N) is 3. The van der Waals surface area contributed by atoms with E-state index in [-0.39, 0.29) is 17.7 Å². The van der Waals surface area contributed by atoms with Crippen molar-refractivity contribution < 1.29 is 14.4 Å². The second-order valence-corrected chi connectivity index (χ2v) is 11.2. The molecule has 4 atom stereocenters. The Morgan fingerprint density at radius 3 is 2.69 bits per heavy atom. The zero-order chi connectivity index (χ0) is 26.6. The van der Waals surface area contributed by atoms with Gasteiger partial charge in [0.2, 0.25) is 5.91 Å². The maximum atomic E-state index is 13.5. The molecule has 9 heteroatoms. The number of hydrogen-bond acceptors (Lipinski definition) is 6. The largest absolute Gasteiger partial charge is 0.337 e. The van der Waals surface area contributed by atoms with Crippen LogP contribution >= 0.6 is 0 Å². The average molecular weight is 521 g/mol. The van der Waals surface area contributed by atoms with Crippen molar-refractivity contribution in [2.24, 2.45) is 23.2 Å². The maximum absolute atomic E-state index is 13.5. The van der Waals surface area contributed by atoms with Crippen molar-refractivity contribution in [1.29, 1.82) is 0 Å². The number of aromatic amines is 1. The van der Waals surface area contributed by atoms with E-state index in [1.54, 1.807) is 36.7 Å². The van der Waals surface area contributed by atoms with Crippen LogP contribution in [0.2, 0.25) is 0 Å². The van der Waals surface area contributed by atoms with Gasteiger partial charge in [-0.1, -0.05) is 6.07 Å². The Labute approximate surface area is 224 Å². The Kier molecular flexibility index (Phi) is 5.54. The predicted octanol–water partition coefficient (Wildman–Crippen LogP) is 5.00. The molecular weight excluding hydrogens is 492 g/mol. The van der Waals surface area contributed by atoms with Gasteiger partial charge in [0.15, 0.2) is 0 Å². The molecule has 3 fully saturated rings. The molecule has 3 N–H and O–H groups in total. The third-order valence-electron chi connectivity index (χ3n) is 8.77. The molecule has 9 nitrogen and oxygen atoms in total. The van der Waals surface area contributed by atoms with Crippen LogP contribution in [0.4, 0.5) is 11.5 Å². The van der Waals surface area contributed by atoms with Crippen LogP contribution in [0.15, 0.2) is 60.9 Å². The van der Waals surface area contributed by atoms with Gasteiger partial charge in [-0.05, 0) is 80.3 Å². The zero-order valence-corrected chi connectivity index (χ0v) is 21.3. The number of ketones is 1. The van der Waals surface area contributed by atoms with Gasteiger partial charge in [-0.2, -0.15) is 0 Å². The van der Waals surface area contributed by atoms with Crippen molar-refractivity contribution in [2.45, 2.75) is 38.5 Å². The minimum absolute atomic E-state index is 0.0136. The summed E-state index contributed by atoms with van der Waals surface area (Å²) in [5, 5.41) is 5.90. The van der Waals surface area contributed by atoms with Gasteiger partial charge in [-0.15, -0.1) is 0 Å². The number of amides is 2. The lowest BCUT2D eigenvalue weighted by molar-refractivity contribution is -0.128. The molecular formula is C30H28N6O3. The fourth-order valence-electron chi connectivity index (χ4n) is 6.97. The first-order valence-electron chi connectivity index (χ1n) is 13.5. The highest BCUT2D eigenvalue weighted by Gasteiger charge is 2.57. The Hall–Kier alpha value is -4.40. The van der Waals surface area contributed by atoms with E-state index in [4.69, 9.17) is 4.98 Å². The molecule has 3 heterocycles. The number of anilines is 2. The molecule has 0 saturated heterocycles. The van der Waals surface area contributed by atoms with Gasteiger partial charge in [0.1, 0.15) is 23.1 Å². The summed E-state index contributed by atoms with van der Waals surface area (Å²) >= 11 is 0. The topological polar surface area (TPSA) is 130 Å². The Bertz CT molecular complexity index is 1600. The van der Waals surface area contributed by atoms with Crippen molar-refractivity contribution in [2.75, 3.05) is 10.6 Å². The van der Waals surface area contributed by atoms with Crippen LogP contribution < -0.4 is 10.6 Å². The molecule has 4 unspecified atom stereocenters. The molecule has 0 aliphatic heterocycles. The number of hydrogen-bond donors (Lipinski definition) is 3. The first kappa shape index (κ1) is 23.7. The SMILES string of the molecule is O=C(Nc1ccc(-c2nc3cc(NC(=O)C45CC6CCC(=O)C(C4)C(C6)C5)ncc3[nH]2)cc1)c1ccccn1. The van der Waals surface area contributed by atoms with Crippen LogP contribution in [0, 0.1) is 23.2 Å². The second kappa shape index (κ2) is 9.11. The zero-order valence-electron chi connectivity index (χ0n) is 21.3. The van der Waals surface area contributed by atoms with Crippen LogP contribution in [0.3, 0.4) is 0 Å². The number of carbonyl (C=O) groups excluding carboxylic acids is 3. The van der Waals surface area contributed by atoms with E-state index in [1.807, 2.05) is 24.3 Å². The van der Waals surface area contributed by atoms with Crippen molar-refractivity contribution >= 4 is 40.1 Å². The third-order valence-corrected chi connectivity index (χ3v) is 8.77. The van der Waals surface area contributed by atoms with E-state index in [0.717, 1.165) is 36.8 Å². The number of benzene rings is 1. The smallest absolute Gasteiger partial charge is 0.274 e. The molecule has 3 bridgehead atoms. The van der Waals surface area contributed by atoms with Gasteiger partial charge < -0.3 is 15.6 Å². The summed E-state index contributed by atoms with van der Waals surface area (Å²) in [7, 11) is 0. The fourth-order valence-corrected chi connectivity index (χ4v) is 6.97. The normalized spacial score (nSPS) is 25.4. The van der Waals surface area contributed by atoms with Crippen LogP contribution in [-0.4, -0.2) is 37.5 Å². The van der Waals surface area contributed by atoms with Crippen LogP contribution in [0.1, 0.15) is 49.0 Å². The Balaban J connectivity index is 1.06. The van der Waals surface area contributed by atoms with Gasteiger partial charge in [-0.3, -0.25) is 19.4 Å². The van der Waals surface area contributed by atoms with Crippen molar-refractivity contribution in [3.8, 4) is 11.4 Å². The van der Waals surface area contributed by atoms with E-state index in [9.17, 15) is 14.4 Å². The minimum Gasteiger partial charge on any atom is -0.337 e. The summed E-state index contributed by atoms with van der Waals surface area (Å²) in [4.78, 5) is 55.0. The summed E-state index contributed by atoms with van der Waals surface area (Å²) in [6.07, 6.45) is 8.28. The lowest BCUT2D eigenvalue weighted by atomic mass is 9.69. The fraction of sp³-hybridized carbons (Fsp3) is 0.333. The average Bonchev–Trinajstić information content (AvgIpc) is 3.47. The molecule has 3 aromatic heterocycles. The van der Waals surface area contributed by atoms with Gasteiger partial charge >= 0.3 is 0 Å². The summed E-state index contributed by atoms with van der Waals surface area (Å²) in [5.41, 5.74) is 2.84. The number of nitrogens with zero attached hydrogens (tertiary/aromatic N) is 3. The molecule has 196 valence electrons. The van der Waals surface area contributed by atoms with E-state index in [1.165, 1.54) is 0 Å². The standard InChI is InChI=1S/C30H28N6O3/c37-25-9-4-17-11-19-14-30(13-17,15-21(19)25)29(39)36-26-12-23-24(16-32-26)35-27(34-23)18-5-7-20(8-6-18)33-28(38)22-3-1-2-10-31-22/h1-3,5-8,10,12,16-17,19,21H,4,9,11,13-15H2,(H,33,38)(H,34,35)(H,32,36,39). The number of imidazole rings is 1. The van der Waals surface area contributed by atoms with Crippen molar-refractivity contribution in [1.82, 2.24) is 19.9 Å². The molecule has 3 aliphatic carbocycles. The quantitative estimate of drug-likeness (QED) is 0.340. The molecule has 7 rings (SSSR count). The number of Topliss-reactive ketones (excluding diaryl/α,β-unsaturated/α-hetero) is 1. The minimum atomic E-state index is -0.463. The molecule has 39 heavy (non-hydrogen) atoms. The second-order valence-electron chi connectivity index (χ2n) is 11.2. The molecule has 0 radical (unpaired) electrons. The lowest BCUT2D eigenvalue weighted by Gasteiger charge is -2.36. The van der Waals surface area contributed by atoms with Crippen LogP contribution in [0.5, 0.6) is 0 Å². The molecule has 2 amide bonds. The first-order valence-corrected chi connectivity index (χ1v) is 13.5. The number of aromatic nitrogens is 4. The summed E-state index contributed by atoms with van der Waals surface area (Å²) in [6.45, 7) is 0. The van der Waals surface area contributed by atoms with E-state index in [0.29, 0.717) is 59.0 Å². The number of H-pyrrole nitrogens is 1. The number of fused-ring (bicyclic) bond motifs is 3. The molecule has 3 saturated carbocycles. The third kappa shape index (κ3) is 4.27. The molecule has 1 aromatic carbocycles. The van der Waals surface area contributed by atoms with E-state index < -0.39 is 5.41 Å². The first-order chi connectivity index (χ1) is 19.0. The van der Waals surface area contributed by atoms with Gasteiger partial charge in [0.25, 0.3) is 5.91 Å². The molecule has 4 aromatic rings. The van der Waals surface area contributed by atoms with E-state index in [2.05, 4.69) is 25.6 Å². The highest BCUT2D eigenvalue weighted by Crippen LogP contribution is 2.59. The van der Waals surface area contributed by atoms with Crippen molar-refractivity contribution in [3.63, 3.8) is 0 Å². The molecule has 3 aliphatic rings. The summed E-state index contributed by atoms with van der Waals surface area (Å²) < 4.78 is 0.